The van der Waals surface area contributed by atoms with E-state index >= 15 is 0 Å². The number of aromatic hydroxyl groups is 1. The lowest BCUT2D eigenvalue weighted by Crippen LogP contribution is -2.54. The zero-order valence-corrected chi connectivity index (χ0v) is 20.9. The second-order valence-corrected chi connectivity index (χ2v) is 9.93. The van der Waals surface area contributed by atoms with Gasteiger partial charge in [-0.3, -0.25) is 9.59 Å². The Hall–Kier alpha value is -3.62. The Balaban J connectivity index is 1.67. The second-order valence-electron chi connectivity index (χ2n) is 9.93. The lowest BCUT2D eigenvalue weighted by molar-refractivity contribution is -0.140. The molecule has 0 aromatic heterocycles. The largest absolute Gasteiger partial charge is 0.508 e. The highest BCUT2D eigenvalue weighted by Crippen LogP contribution is 2.20. The minimum Gasteiger partial charge on any atom is -0.508 e. The van der Waals surface area contributed by atoms with Crippen molar-refractivity contribution in [2.75, 3.05) is 13.1 Å². The highest BCUT2D eigenvalue weighted by atomic mass is 19.1. The number of phenols is 1. The van der Waals surface area contributed by atoms with Gasteiger partial charge in [0.25, 0.3) is 0 Å². The van der Waals surface area contributed by atoms with Crippen molar-refractivity contribution >= 4 is 17.9 Å². The Morgan fingerprint density at radius 3 is 2.36 bits per heavy atom. The summed E-state index contributed by atoms with van der Waals surface area (Å²) < 4.78 is 18.7. The van der Waals surface area contributed by atoms with Gasteiger partial charge >= 0.3 is 6.09 Å². The van der Waals surface area contributed by atoms with Crippen molar-refractivity contribution in [2.24, 2.45) is 0 Å². The standard InChI is InChI=1S/C27H34FN3O5/c1-27(2,3)36-26(35)30-22(17-19-6-10-20(28)11-7-19)25(34)31-16-4-5-23(31)24(33)29-15-14-18-8-12-21(32)13-9-18/h6-13,22-23,32H,4-5,14-17H2,1-3H3,(H,29,33)(H,30,35)/t22-,23+/m1/s1. The van der Waals surface area contributed by atoms with Crippen molar-refractivity contribution < 1.29 is 28.6 Å². The maximum atomic E-state index is 13.5. The van der Waals surface area contributed by atoms with Gasteiger partial charge in [0.1, 0.15) is 29.3 Å². The van der Waals surface area contributed by atoms with Crippen LogP contribution in [0.15, 0.2) is 48.5 Å². The number of amides is 3. The predicted octanol–water partition coefficient (Wildman–Crippen LogP) is 3.32. The first-order valence-corrected chi connectivity index (χ1v) is 12.1. The highest BCUT2D eigenvalue weighted by Gasteiger charge is 2.38. The molecule has 1 heterocycles. The molecule has 9 heteroatoms. The number of likely N-dealkylation sites (tertiary alicyclic amines) is 1. The monoisotopic (exact) mass is 499 g/mol. The van der Waals surface area contributed by atoms with Crippen LogP contribution in [0, 0.1) is 5.82 Å². The van der Waals surface area contributed by atoms with Crippen LogP contribution in [0.2, 0.25) is 0 Å². The average molecular weight is 500 g/mol. The second kappa shape index (κ2) is 11.9. The number of carbonyl (C=O) groups excluding carboxylic acids is 3. The van der Waals surface area contributed by atoms with E-state index in [1.807, 2.05) is 0 Å². The Morgan fingerprint density at radius 1 is 1.08 bits per heavy atom. The topological polar surface area (TPSA) is 108 Å². The molecule has 0 aliphatic carbocycles. The molecule has 1 fully saturated rings. The molecule has 0 bridgehead atoms. The van der Waals surface area contributed by atoms with Crippen LogP contribution in [0.1, 0.15) is 44.7 Å². The molecule has 0 spiro atoms. The van der Waals surface area contributed by atoms with Gasteiger partial charge in [-0.1, -0.05) is 24.3 Å². The molecule has 0 radical (unpaired) electrons. The number of hydrogen-bond donors (Lipinski definition) is 3. The number of hydrogen-bond acceptors (Lipinski definition) is 5. The summed E-state index contributed by atoms with van der Waals surface area (Å²) in [4.78, 5) is 40.5. The molecule has 1 saturated heterocycles. The number of benzene rings is 2. The third kappa shape index (κ3) is 7.96. The van der Waals surface area contributed by atoms with Crippen LogP contribution in [0.25, 0.3) is 0 Å². The molecule has 194 valence electrons. The summed E-state index contributed by atoms with van der Waals surface area (Å²) >= 11 is 0. The molecule has 8 nitrogen and oxygen atoms in total. The number of halogens is 1. The van der Waals surface area contributed by atoms with Crippen molar-refractivity contribution in [2.45, 2.75) is 64.1 Å². The van der Waals surface area contributed by atoms with Crippen molar-refractivity contribution in [1.82, 2.24) is 15.5 Å². The van der Waals surface area contributed by atoms with E-state index in [1.165, 1.54) is 17.0 Å². The number of carbonyl (C=O) groups is 3. The van der Waals surface area contributed by atoms with Crippen molar-refractivity contribution in [1.29, 1.82) is 0 Å². The summed E-state index contributed by atoms with van der Waals surface area (Å²) in [5.41, 5.74) is 0.884. The quantitative estimate of drug-likeness (QED) is 0.517. The third-order valence-corrected chi connectivity index (χ3v) is 5.83. The van der Waals surface area contributed by atoms with E-state index in [0.717, 1.165) is 5.56 Å². The number of phenolic OH excluding ortho intramolecular Hbond substituents is 1. The van der Waals surface area contributed by atoms with Gasteiger partial charge in [0, 0.05) is 19.5 Å². The van der Waals surface area contributed by atoms with Crippen molar-refractivity contribution in [3.8, 4) is 5.75 Å². The number of ether oxygens (including phenoxy) is 1. The van der Waals surface area contributed by atoms with Crippen molar-refractivity contribution in [3.63, 3.8) is 0 Å². The molecule has 3 N–H and O–H groups in total. The number of alkyl carbamates (subject to hydrolysis) is 1. The normalized spacial score (nSPS) is 16.3. The minimum absolute atomic E-state index is 0.129. The fraction of sp³-hybridized carbons (Fsp3) is 0.444. The van der Waals surface area contributed by atoms with Crippen LogP contribution >= 0.6 is 0 Å². The molecule has 2 atom stereocenters. The lowest BCUT2D eigenvalue weighted by Gasteiger charge is -2.29. The summed E-state index contributed by atoms with van der Waals surface area (Å²) in [5, 5.41) is 14.9. The maximum Gasteiger partial charge on any atom is 0.408 e. The fourth-order valence-corrected chi connectivity index (χ4v) is 4.12. The Bertz CT molecular complexity index is 1050. The molecule has 0 saturated carbocycles. The summed E-state index contributed by atoms with van der Waals surface area (Å²) in [7, 11) is 0. The van der Waals surface area contributed by atoms with Crippen LogP contribution in [0.3, 0.4) is 0 Å². The molecule has 3 rings (SSSR count). The lowest BCUT2D eigenvalue weighted by atomic mass is 10.0. The van der Waals surface area contributed by atoms with Crippen molar-refractivity contribution in [3.05, 3.63) is 65.5 Å². The van der Waals surface area contributed by atoms with Crippen LogP contribution in [-0.4, -0.2) is 58.7 Å². The van der Waals surface area contributed by atoms with Gasteiger partial charge in [-0.15, -0.1) is 0 Å². The van der Waals surface area contributed by atoms with E-state index in [2.05, 4.69) is 10.6 Å². The Kier molecular flexibility index (Phi) is 8.90. The summed E-state index contributed by atoms with van der Waals surface area (Å²) in [6, 6.07) is 10.8. The van der Waals surface area contributed by atoms with E-state index in [-0.39, 0.29) is 24.0 Å². The van der Waals surface area contributed by atoms with Crippen LogP contribution in [0.4, 0.5) is 9.18 Å². The molecule has 0 unspecified atom stereocenters. The number of nitrogens with one attached hydrogen (secondary N) is 2. The molecule has 1 aliphatic heterocycles. The molecule has 2 aromatic carbocycles. The van der Waals surface area contributed by atoms with Gasteiger partial charge in [0.15, 0.2) is 0 Å². The van der Waals surface area contributed by atoms with E-state index in [9.17, 15) is 23.9 Å². The van der Waals surface area contributed by atoms with E-state index in [4.69, 9.17) is 4.74 Å². The van der Waals surface area contributed by atoms with Crippen LogP contribution in [-0.2, 0) is 27.2 Å². The first kappa shape index (κ1) is 27.0. The van der Waals surface area contributed by atoms with Gasteiger partial charge in [-0.25, -0.2) is 9.18 Å². The molecule has 36 heavy (non-hydrogen) atoms. The summed E-state index contributed by atoms with van der Waals surface area (Å²) in [5.74, 6) is -0.859. The molecule has 2 aromatic rings. The van der Waals surface area contributed by atoms with Crippen LogP contribution in [0.5, 0.6) is 5.75 Å². The summed E-state index contributed by atoms with van der Waals surface area (Å²) in [6.07, 6.45) is 1.16. The zero-order chi connectivity index (χ0) is 26.3. The fourth-order valence-electron chi connectivity index (χ4n) is 4.12. The summed E-state index contributed by atoms with van der Waals surface area (Å²) in [6.45, 7) is 5.95. The van der Waals surface area contributed by atoms with Gasteiger partial charge in [0.05, 0.1) is 0 Å². The minimum atomic E-state index is -0.976. The third-order valence-electron chi connectivity index (χ3n) is 5.83. The van der Waals surface area contributed by atoms with Gasteiger partial charge in [0.2, 0.25) is 11.8 Å². The van der Waals surface area contributed by atoms with E-state index in [0.29, 0.717) is 37.9 Å². The molecule has 1 aliphatic rings. The zero-order valence-electron chi connectivity index (χ0n) is 20.9. The first-order chi connectivity index (χ1) is 17.0. The van der Waals surface area contributed by atoms with Gasteiger partial charge in [-0.2, -0.15) is 0 Å². The van der Waals surface area contributed by atoms with Crippen LogP contribution < -0.4 is 10.6 Å². The SMILES string of the molecule is CC(C)(C)OC(=O)N[C@H](Cc1ccc(F)cc1)C(=O)N1CCC[C@H]1C(=O)NCCc1ccc(O)cc1. The highest BCUT2D eigenvalue weighted by molar-refractivity contribution is 5.92. The van der Waals surface area contributed by atoms with Gasteiger partial charge < -0.3 is 25.4 Å². The van der Waals surface area contributed by atoms with E-state index in [1.54, 1.807) is 57.2 Å². The first-order valence-electron chi connectivity index (χ1n) is 12.1. The maximum absolute atomic E-state index is 13.5. The Morgan fingerprint density at radius 2 is 1.72 bits per heavy atom. The smallest absolute Gasteiger partial charge is 0.408 e. The average Bonchev–Trinajstić information content (AvgIpc) is 3.30. The molecule has 3 amide bonds. The van der Waals surface area contributed by atoms with E-state index < -0.39 is 29.6 Å². The number of nitrogens with zero attached hydrogens (tertiary/aromatic N) is 1. The Labute approximate surface area is 210 Å². The molecular formula is C27H34FN3O5. The van der Waals surface area contributed by atoms with Gasteiger partial charge in [-0.05, 0) is 75.4 Å². The molecular weight excluding hydrogens is 465 g/mol. The predicted molar refractivity (Wildman–Crippen MR) is 133 cm³/mol. The number of rotatable bonds is 8.